The summed E-state index contributed by atoms with van der Waals surface area (Å²) in [5.74, 6) is 1.89. The molecular formula is C20H31N7. The van der Waals surface area contributed by atoms with E-state index >= 15 is 0 Å². The van der Waals surface area contributed by atoms with Gasteiger partial charge in [0.05, 0.1) is 0 Å². The molecule has 1 saturated heterocycles. The third-order valence-electron chi connectivity index (χ3n) is 4.90. The predicted octanol–water partition coefficient (Wildman–Crippen LogP) is 1.87. The summed E-state index contributed by atoms with van der Waals surface area (Å²) in [7, 11) is 1.83. The number of fused-ring (bicyclic) bond motifs is 1. The Morgan fingerprint density at radius 3 is 2.85 bits per heavy atom. The van der Waals surface area contributed by atoms with E-state index in [4.69, 9.17) is 0 Å². The van der Waals surface area contributed by atoms with Crippen LogP contribution in [0.25, 0.3) is 5.65 Å². The zero-order valence-electron chi connectivity index (χ0n) is 16.5. The predicted molar refractivity (Wildman–Crippen MR) is 110 cm³/mol. The SMILES string of the molecule is C=C(C)CN1CCC(NC(=NC)NCCCc2nnc3ccccn23)CC1. The highest BCUT2D eigenvalue weighted by Crippen LogP contribution is 2.11. The first kappa shape index (κ1) is 19.4. The number of aryl methyl sites for hydroxylation is 1. The van der Waals surface area contributed by atoms with Crippen LogP contribution in [-0.2, 0) is 6.42 Å². The highest BCUT2D eigenvalue weighted by Gasteiger charge is 2.19. The number of aliphatic imine (C=N–C) groups is 1. The Labute approximate surface area is 161 Å². The van der Waals surface area contributed by atoms with Crippen LogP contribution in [0.4, 0.5) is 0 Å². The zero-order valence-corrected chi connectivity index (χ0v) is 16.5. The van der Waals surface area contributed by atoms with Gasteiger partial charge in [-0.2, -0.15) is 0 Å². The molecule has 7 heteroatoms. The molecule has 2 aromatic heterocycles. The number of hydrogen-bond acceptors (Lipinski definition) is 4. The highest BCUT2D eigenvalue weighted by atomic mass is 15.2. The minimum Gasteiger partial charge on any atom is -0.356 e. The summed E-state index contributed by atoms with van der Waals surface area (Å²) in [6.07, 6.45) is 6.15. The van der Waals surface area contributed by atoms with Crippen molar-refractivity contribution in [3.05, 3.63) is 42.4 Å². The number of hydrogen-bond donors (Lipinski definition) is 2. The fourth-order valence-electron chi connectivity index (χ4n) is 3.52. The van der Waals surface area contributed by atoms with Crippen LogP contribution in [0.1, 0.15) is 32.0 Å². The molecule has 7 nitrogen and oxygen atoms in total. The van der Waals surface area contributed by atoms with E-state index in [1.807, 2.05) is 35.8 Å². The van der Waals surface area contributed by atoms with E-state index in [0.29, 0.717) is 6.04 Å². The maximum Gasteiger partial charge on any atom is 0.191 e. The molecule has 2 N–H and O–H groups in total. The van der Waals surface area contributed by atoms with E-state index in [2.05, 4.69) is 44.2 Å². The second kappa shape index (κ2) is 9.50. The fourth-order valence-corrected chi connectivity index (χ4v) is 3.52. The van der Waals surface area contributed by atoms with Gasteiger partial charge in [-0.25, -0.2) is 0 Å². The summed E-state index contributed by atoms with van der Waals surface area (Å²) < 4.78 is 2.05. The summed E-state index contributed by atoms with van der Waals surface area (Å²) in [6.45, 7) is 10.2. The molecule has 0 amide bonds. The molecule has 1 aliphatic heterocycles. The summed E-state index contributed by atoms with van der Waals surface area (Å²) in [4.78, 5) is 6.84. The minimum absolute atomic E-state index is 0.484. The van der Waals surface area contributed by atoms with E-state index in [9.17, 15) is 0 Å². The number of pyridine rings is 1. The summed E-state index contributed by atoms with van der Waals surface area (Å²) >= 11 is 0. The largest absolute Gasteiger partial charge is 0.356 e. The van der Waals surface area contributed by atoms with Crippen LogP contribution >= 0.6 is 0 Å². The molecule has 0 saturated carbocycles. The molecule has 0 atom stereocenters. The van der Waals surface area contributed by atoms with Gasteiger partial charge >= 0.3 is 0 Å². The molecule has 0 aliphatic carbocycles. The summed E-state index contributed by atoms with van der Waals surface area (Å²) in [6, 6.07) is 6.44. The second-order valence-electron chi connectivity index (χ2n) is 7.30. The van der Waals surface area contributed by atoms with Crippen molar-refractivity contribution in [2.75, 3.05) is 33.2 Å². The lowest BCUT2D eigenvalue weighted by Crippen LogP contribution is -2.49. The monoisotopic (exact) mass is 369 g/mol. The van der Waals surface area contributed by atoms with Crippen LogP contribution < -0.4 is 10.6 Å². The molecule has 3 rings (SSSR count). The van der Waals surface area contributed by atoms with Crippen LogP contribution in [0.5, 0.6) is 0 Å². The zero-order chi connectivity index (χ0) is 19.1. The van der Waals surface area contributed by atoms with Gasteiger partial charge in [-0.15, -0.1) is 10.2 Å². The first-order valence-electron chi connectivity index (χ1n) is 9.78. The molecule has 27 heavy (non-hydrogen) atoms. The van der Waals surface area contributed by atoms with Gasteiger partial charge in [0.15, 0.2) is 11.6 Å². The van der Waals surface area contributed by atoms with Crippen molar-refractivity contribution < 1.29 is 0 Å². The van der Waals surface area contributed by atoms with Gasteiger partial charge in [0.1, 0.15) is 5.82 Å². The minimum atomic E-state index is 0.484. The third kappa shape index (κ3) is 5.53. The van der Waals surface area contributed by atoms with Crippen molar-refractivity contribution in [1.29, 1.82) is 0 Å². The van der Waals surface area contributed by atoms with Gasteiger partial charge in [0, 0.05) is 51.9 Å². The van der Waals surface area contributed by atoms with Crippen LogP contribution in [0.3, 0.4) is 0 Å². The highest BCUT2D eigenvalue weighted by molar-refractivity contribution is 5.79. The Hall–Kier alpha value is -2.41. The van der Waals surface area contributed by atoms with Crippen molar-refractivity contribution in [2.24, 2.45) is 4.99 Å². The average Bonchev–Trinajstić information content (AvgIpc) is 3.08. The van der Waals surface area contributed by atoms with Gasteiger partial charge in [-0.05, 0) is 38.3 Å². The van der Waals surface area contributed by atoms with Crippen molar-refractivity contribution in [1.82, 2.24) is 30.1 Å². The molecule has 1 fully saturated rings. The molecule has 0 spiro atoms. The quantitative estimate of drug-likeness (QED) is 0.337. The smallest absolute Gasteiger partial charge is 0.191 e. The van der Waals surface area contributed by atoms with Crippen molar-refractivity contribution in [2.45, 2.75) is 38.6 Å². The second-order valence-corrected chi connectivity index (χ2v) is 7.30. The first-order valence-corrected chi connectivity index (χ1v) is 9.78. The Morgan fingerprint density at radius 2 is 2.11 bits per heavy atom. The number of piperidine rings is 1. The average molecular weight is 370 g/mol. The van der Waals surface area contributed by atoms with Crippen molar-refractivity contribution in [3.8, 4) is 0 Å². The Kier molecular flexibility index (Phi) is 6.81. The topological polar surface area (TPSA) is 69.8 Å². The molecule has 2 aromatic rings. The van der Waals surface area contributed by atoms with Gasteiger partial charge in [0.25, 0.3) is 0 Å². The van der Waals surface area contributed by atoms with Crippen molar-refractivity contribution in [3.63, 3.8) is 0 Å². The standard InChI is InChI=1S/C20H31N7/c1-16(2)15-26-13-9-17(10-14-26)23-20(21-3)22-11-6-8-19-25-24-18-7-4-5-12-27(18)19/h4-5,7,12,17H,1,6,8-11,13-15H2,2-3H3,(H2,21,22,23). The Bertz CT molecular complexity index is 771. The lowest BCUT2D eigenvalue weighted by molar-refractivity contribution is 0.221. The number of likely N-dealkylation sites (tertiary alicyclic amines) is 1. The number of nitrogens with one attached hydrogen (secondary N) is 2. The van der Waals surface area contributed by atoms with Gasteiger partial charge in [-0.1, -0.05) is 18.2 Å². The lowest BCUT2D eigenvalue weighted by atomic mass is 10.0. The maximum absolute atomic E-state index is 4.37. The maximum atomic E-state index is 4.37. The Morgan fingerprint density at radius 1 is 1.30 bits per heavy atom. The summed E-state index contributed by atoms with van der Waals surface area (Å²) in [5.41, 5.74) is 2.13. The van der Waals surface area contributed by atoms with Crippen LogP contribution in [-0.4, -0.2) is 64.7 Å². The number of nitrogens with zero attached hydrogens (tertiary/aromatic N) is 5. The van der Waals surface area contributed by atoms with Crippen molar-refractivity contribution >= 4 is 11.6 Å². The molecule has 0 radical (unpaired) electrons. The van der Waals surface area contributed by atoms with Gasteiger partial charge in [0.2, 0.25) is 0 Å². The molecule has 146 valence electrons. The number of rotatable bonds is 7. The normalized spacial score (nSPS) is 16.6. The first-order chi connectivity index (χ1) is 13.2. The fraction of sp³-hybridized carbons (Fsp3) is 0.550. The number of aromatic nitrogens is 3. The van der Waals surface area contributed by atoms with Crippen LogP contribution in [0, 0.1) is 0 Å². The van der Waals surface area contributed by atoms with E-state index in [0.717, 1.165) is 69.3 Å². The number of guanidine groups is 1. The molecule has 0 bridgehead atoms. The lowest BCUT2D eigenvalue weighted by Gasteiger charge is -2.33. The van der Waals surface area contributed by atoms with Gasteiger partial charge in [-0.3, -0.25) is 14.3 Å². The Balaban J connectivity index is 1.38. The van der Waals surface area contributed by atoms with Crippen LogP contribution in [0.2, 0.25) is 0 Å². The molecule has 3 heterocycles. The van der Waals surface area contributed by atoms with Gasteiger partial charge < -0.3 is 10.6 Å². The van der Waals surface area contributed by atoms with Crippen LogP contribution in [0.15, 0.2) is 41.5 Å². The van der Waals surface area contributed by atoms with E-state index in [-0.39, 0.29) is 0 Å². The van der Waals surface area contributed by atoms with E-state index in [1.54, 1.807) is 0 Å². The summed E-state index contributed by atoms with van der Waals surface area (Å²) in [5, 5.41) is 15.5. The molecular weight excluding hydrogens is 338 g/mol. The third-order valence-corrected chi connectivity index (χ3v) is 4.90. The molecule has 0 aromatic carbocycles. The molecule has 0 unspecified atom stereocenters. The van der Waals surface area contributed by atoms with E-state index < -0.39 is 0 Å². The van der Waals surface area contributed by atoms with E-state index in [1.165, 1.54) is 5.57 Å². The molecule has 1 aliphatic rings.